The van der Waals surface area contributed by atoms with Crippen molar-refractivity contribution in [3.63, 3.8) is 0 Å². The van der Waals surface area contributed by atoms with E-state index < -0.39 is 10.0 Å². The average Bonchev–Trinajstić information content (AvgIpc) is 2.84. The molecule has 0 spiro atoms. The minimum Gasteiger partial charge on any atom is -0.497 e. The molecule has 10 heteroatoms. The fourth-order valence-electron chi connectivity index (χ4n) is 3.37. The van der Waals surface area contributed by atoms with E-state index in [1.807, 2.05) is 0 Å². The Bertz CT molecular complexity index is 1060. The molecule has 0 radical (unpaired) electrons. The molecule has 3 N–H and O–H groups in total. The lowest BCUT2D eigenvalue weighted by molar-refractivity contribution is -0.114. The summed E-state index contributed by atoms with van der Waals surface area (Å²) in [5.74, 6) is 0.781. The molecule has 0 fully saturated rings. The van der Waals surface area contributed by atoms with Gasteiger partial charge in [-0.15, -0.1) is 0 Å². The van der Waals surface area contributed by atoms with Gasteiger partial charge in [0.05, 0.1) is 42.7 Å². The first-order valence-electron chi connectivity index (χ1n) is 11.4. The van der Waals surface area contributed by atoms with Crippen LogP contribution in [0, 0.1) is 0 Å². The standard InChI is InChI=1S/C24H36N4O5S/c1-6-9-14-25-20-13-11-19(34(30,31)28(7-2)8-3)16-22(20)26-17-24(29)27-21-12-10-18(32-4)15-23(21)33-5/h10-13,15-16,25-26H,6-9,14,17H2,1-5H3,(H,27,29). The zero-order valence-electron chi connectivity index (χ0n) is 20.6. The summed E-state index contributed by atoms with van der Waals surface area (Å²) < 4.78 is 37.9. The maximum atomic E-state index is 13.0. The molecule has 1 amide bonds. The number of ether oxygens (including phenoxy) is 2. The second-order valence-electron chi connectivity index (χ2n) is 7.54. The SMILES string of the molecule is CCCCNc1ccc(S(=O)(=O)N(CC)CC)cc1NCC(=O)Nc1ccc(OC)cc1OC. The number of nitrogens with zero attached hydrogens (tertiary/aromatic N) is 1. The molecule has 0 bridgehead atoms. The maximum absolute atomic E-state index is 13.0. The van der Waals surface area contributed by atoms with Crippen LogP contribution in [-0.2, 0) is 14.8 Å². The number of benzene rings is 2. The lowest BCUT2D eigenvalue weighted by Gasteiger charge is -2.20. The molecule has 34 heavy (non-hydrogen) atoms. The van der Waals surface area contributed by atoms with Gasteiger partial charge in [-0.2, -0.15) is 4.31 Å². The van der Waals surface area contributed by atoms with Crippen LogP contribution in [-0.4, -0.2) is 59.0 Å². The van der Waals surface area contributed by atoms with Crippen molar-refractivity contribution in [1.82, 2.24) is 4.31 Å². The number of anilines is 3. The molecule has 2 aromatic carbocycles. The third-order valence-electron chi connectivity index (χ3n) is 5.30. The van der Waals surface area contributed by atoms with Crippen LogP contribution in [0.2, 0.25) is 0 Å². The fourth-order valence-corrected chi connectivity index (χ4v) is 4.85. The maximum Gasteiger partial charge on any atom is 0.243 e. The number of sulfonamides is 1. The van der Waals surface area contributed by atoms with Gasteiger partial charge < -0.3 is 25.4 Å². The lowest BCUT2D eigenvalue weighted by Crippen LogP contribution is -2.30. The summed E-state index contributed by atoms with van der Waals surface area (Å²) in [6.07, 6.45) is 1.99. The summed E-state index contributed by atoms with van der Waals surface area (Å²) in [6.45, 7) is 7.14. The molecule has 0 unspecified atom stereocenters. The Kier molecular flexibility index (Phi) is 10.5. The first-order valence-corrected chi connectivity index (χ1v) is 12.9. The Morgan fingerprint density at radius 3 is 2.24 bits per heavy atom. The Morgan fingerprint density at radius 1 is 0.912 bits per heavy atom. The molecule has 0 atom stereocenters. The van der Waals surface area contributed by atoms with Crippen LogP contribution in [0.4, 0.5) is 17.1 Å². The number of amides is 1. The minimum atomic E-state index is -3.63. The molecule has 0 aliphatic carbocycles. The van der Waals surface area contributed by atoms with Gasteiger partial charge in [-0.25, -0.2) is 8.42 Å². The Labute approximate surface area is 202 Å². The van der Waals surface area contributed by atoms with E-state index >= 15 is 0 Å². The number of nitrogens with one attached hydrogen (secondary N) is 3. The van der Waals surface area contributed by atoms with Crippen LogP contribution in [0.5, 0.6) is 11.5 Å². The van der Waals surface area contributed by atoms with Crippen molar-refractivity contribution in [2.45, 2.75) is 38.5 Å². The third-order valence-corrected chi connectivity index (χ3v) is 7.35. The molecule has 188 valence electrons. The minimum absolute atomic E-state index is 0.0631. The van der Waals surface area contributed by atoms with Gasteiger partial charge in [0.1, 0.15) is 11.5 Å². The number of hydrogen-bond acceptors (Lipinski definition) is 7. The van der Waals surface area contributed by atoms with E-state index in [0.717, 1.165) is 25.1 Å². The van der Waals surface area contributed by atoms with Crippen molar-refractivity contribution >= 4 is 33.0 Å². The highest BCUT2D eigenvalue weighted by atomic mass is 32.2. The normalized spacial score (nSPS) is 11.2. The van der Waals surface area contributed by atoms with E-state index in [-0.39, 0.29) is 17.3 Å². The van der Waals surface area contributed by atoms with Gasteiger partial charge in [0.15, 0.2) is 0 Å². The number of unbranched alkanes of at least 4 members (excludes halogenated alkanes) is 1. The van der Waals surface area contributed by atoms with Crippen molar-refractivity contribution in [1.29, 1.82) is 0 Å². The van der Waals surface area contributed by atoms with Crippen LogP contribution in [0.15, 0.2) is 41.3 Å². The predicted octanol–water partition coefficient (Wildman–Crippen LogP) is 4.00. The molecule has 0 saturated heterocycles. The Hall–Kier alpha value is -2.98. The smallest absolute Gasteiger partial charge is 0.243 e. The number of rotatable bonds is 14. The summed E-state index contributed by atoms with van der Waals surface area (Å²) in [5, 5.41) is 9.21. The average molecular weight is 493 g/mol. The van der Waals surface area contributed by atoms with E-state index in [0.29, 0.717) is 36.0 Å². The summed E-state index contributed by atoms with van der Waals surface area (Å²) >= 11 is 0. The van der Waals surface area contributed by atoms with E-state index in [4.69, 9.17) is 9.47 Å². The summed E-state index contributed by atoms with van der Waals surface area (Å²) in [6, 6.07) is 10.0. The zero-order valence-corrected chi connectivity index (χ0v) is 21.4. The monoisotopic (exact) mass is 492 g/mol. The molecule has 2 aromatic rings. The highest BCUT2D eigenvalue weighted by Crippen LogP contribution is 2.30. The number of carbonyl (C=O) groups is 1. The highest BCUT2D eigenvalue weighted by Gasteiger charge is 2.23. The van der Waals surface area contributed by atoms with Crippen LogP contribution >= 0.6 is 0 Å². The van der Waals surface area contributed by atoms with Crippen molar-refractivity contribution < 1.29 is 22.7 Å². The first kappa shape index (κ1) is 27.3. The molecular weight excluding hydrogens is 456 g/mol. The number of hydrogen-bond donors (Lipinski definition) is 3. The molecule has 0 aliphatic rings. The van der Waals surface area contributed by atoms with E-state index in [2.05, 4.69) is 22.9 Å². The van der Waals surface area contributed by atoms with E-state index in [1.54, 1.807) is 57.4 Å². The van der Waals surface area contributed by atoms with Crippen molar-refractivity contribution in [2.75, 3.05) is 56.3 Å². The van der Waals surface area contributed by atoms with Crippen LogP contribution < -0.4 is 25.4 Å². The summed E-state index contributed by atoms with van der Waals surface area (Å²) in [4.78, 5) is 12.8. The molecule has 0 aromatic heterocycles. The summed E-state index contributed by atoms with van der Waals surface area (Å²) in [7, 11) is -0.566. The van der Waals surface area contributed by atoms with Crippen LogP contribution in [0.25, 0.3) is 0 Å². The second kappa shape index (κ2) is 13.0. The van der Waals surface area contributed by atoms with Crippen molar-refractivity contribution in [3.8, 4) is 11.5 Å². The van der Waals surface area contributed by atoms with Gasteiger partial charge in [-0.3, -0.25) is 4.79 Å². The molecule has 0 heterocycles. The topological polar surface area (TPSA) is 109 Å². The predicted molar refractivity (Wildman–Crippen MR) is 137 cm³/mol. The molecule has 0 aliphatic heterocycles. The summed E-state index contributed by atoms with van der Waals surface area (Å²) in [5.41, 5.74) is 1.79. The van der Waals surface area contributed by atoms with Crippen LogP contribution in [0.1, 0.15) is 33.6 Å². The molecular formula is C24H36N4O5S. The lowest BCUT2D eigenvalue weighted by atomic mass is 10.2. The van der Waals surface area contributed by atoms with Crippen molar-refractivity contribution in [3.05, 3.63) is 36.4 Å². The molecule has 2 rings (SSSR count). The van der Waals surface area contributed by atoms with Crippen LogP contribution in [0.3, 0.4) is 0 Å². The highest BCUT2D eigenvalue weighted by molar-refractivity contribution is 7.89. The van der Waals surface area contributed by atoms with Gasteiger partial charge in [0, 0.05) is 25.7 Å². The van der Waals surface area contributed by atoms with E-state index in [1.165, 1.54) is 11.4 Å². The van der Waals surface area contributed by atoms with Gasteiger partial charge in [0.2, 0.25) is 15.9 Å². The molecule has 0 saturated carbocycles. The Balaban J connectivity index is 2.23. The number of methoxy groups -OCH3 is 2. The second-order valence-corrected chi connectivity index (χ2v) is 9.48. The Morgan fingerprint density at radius 2 is 1.62 bits per heavy atom. The van der Waals surface area contributed by atoms with Gasteiger partial charge >= 0.3 is 0 Å². The van der Waals surface area contributed by atoms with Gasteiger partial charge in [0.25, 0.3) is 0 Å². The largest absolute Gasteiger partial charge is 0.497 e. The third kappa shape index (κ3) is 7.01. The number of carbonyl (C=O) groups excluding carboxylic acids is 1. The quantitative estimate of drug-likeness (QED) is 0.342. The van der Waals surface area contributed by atoms with Gasteiger partial charge in [-0.05, 0) is 36.8 Å². The zero-order chi connectivity index (χ0) is 25.1. The van der Waals surface area contributed by atoms with Gasteiger partial charge in [-0.1, -0.05) is 27.2 Å². The first-order chi connectivity index (χ1) is 16.3. The fraction of sp³-hybridized carbons (Fsp3) is 0.458. The molecule has 9 nitrogen and oxygen atoms in total. The van der Waals surface area contributed by atoms with Crippen molar-refractivity contribution in [2.24, 2.45) is 0 Å². The van der Waals surface area contributed by atoms with E-state index in [9.17, 15) is 13.2 Å².